The largest absolute Gasteiger partial charge is 0.491 e. The standard InChI is InChI=1S/C13H15NO4/c1-17-9-10(15)8-14-11-4-2-3-5-12(11)18-7-6-13(14)16/h2-5H,6-9H2,1H3. The van der Waals surface area contributed by atoms with E-state index in [1.54, 1.807) is 12.1 Å². The van der Waals surface area contributed by atoms with E-state index in [-0.39, 0.29) is 31.3 Å². The number of anilines is 1. The zero-order valence-electron chi connectivity index (χ0n) is 10.2. The summed E-state index contributed by atoms with van der Waals surface area (Å²) >= 11 is 0. The first-order chi connectivity index (χ1) is 8.72. The third-order valence-electron chi connectivity index (χ3n) is 2.67. The Morgan fingerprint density at radius 3 is 3.00 bits per heavy atom. The lowest BCUT2D eigenvalue weighted by Crippen LogP contribution is -2.36. The number of Topliss-reactive ketones (excluding diaryl/α,β-unsaturated/α-hetero) is 1. The van der Waals surface area contributed by atoms with Crippen LogP contribution in [-0.2, 0) is 14.3 Å². The number of rotatable bonds is 4. The molecule has 0 aliphatic carbocycles. The fourth-order valence-corrected chi connectivity index (χ4v) is 1.88. The average Bonchev–Trinajstić information content (AvgIpc) is 2.51. The normalized spacial score (nSPS) is 14.7. The van der Waals surface area contributed by atoms with E-state index in [2.05, 4.69) is 0 Å². The minimum atomic E-state index is -0.137. The third kappa shape index (κ3) is 2.68. The number of carbonyl (C=O) groups excluding carboxylic acids is 2. The number of para-hydroxylation sites is 2. The maximum Gasteiger partial charge on any atom is 0.230 e. The average molecular weight is 249 g/mol. The summed E-state index contributed by atoms with van der Waals surface area (Å²) in [5.41, 5.74) is 0.643. The Bertz CT molecular complexity index is 458. The van der Waals surface area contributed by atoms with Gasteiger partial charge in [-0.05, 0) is 12.1 Å². The lowest BCUT2D eigenvalue weighted by molar-refractivity contribution is -0.124. The molecule has 0 saturated heterocycles. The van der Waals surface area contributed by atoms with E-state index in [0.717, 1.165) is 0 Å². The molecular weight excluding hydrogens is 234 g/mol. The summed E-state index contributed by atoms with van der Waals surface area (Å²) in [5.74, 6) is 0.389. The van der Waals surface area contributed by atoms with Gasteiger partial charge in [0.15, 0.2) is 5.78 Å². The first-order valence-electron chi connectivity index (χ1n) is 5.75. The fourth-order valence-electron chi connectivity index (χ4n) is 1.88. The van der Waals surface area contributed by atoms with Gasteiger partial charge in [-0.25, -0.2) is 0 Å². The van der Waals surface area contributed by atoms with Crippen molar-refractivity contribution in [2.24, 2.45) is 0 Å². The van der Waals surface area contributed by atoms with Crippen molar-refractivity contribution in [1.29, 1.82) is 0 Å². The van der Waals surface area contributed by atoms with Crippen LogP contribution >= 0.6 is 0 Å². The molecule has 0 atom stereocenters. The molecule has 1 aromatic rings. The van der Waals surface area contributed by atoms with Gasteiger partial charge in [-0.1, -0.05) is 12.1 Å². The molecule has 5 nitrogen and oxygen atoms in total. The maximum atomic E-state index is 12.0. The number of hydrogen-bond acceptors (Lipinski definition) is 4. The van der Waals surface area contributed by atoms with E-state index in [9.17, 15) is 9.59 Å². The molecule has 1 aliphatic rings. The second kappa shape index (κ2) is 5.64. The molecule has 1 heterocycles. The van der Waals surface area contributed by atoms with Gasteiger partial charge in [-0.3, -0.25) is 9.59 Å². The van der Waals surface area contributed by atoms with Crippen molar-refractivity contribution in [3.05, 3.63) is 24.3 Å². The molecule has 96 valence electrons. The Morgan fingerprint density at radius 1 is 1.44 bits per heavy atom. The van der Waals surface area contributed by atoms with Crippen LogP contribution in [0.15, 0.2) is 24.3 Å². The smallest absolute Gasteiger partial charge is 0.230 e. The minimum absolute atomic E-state index is 0.00675. The molecule has 0 fully saturated rings. The molecule has 18 heavy (non-hydrogen) atoms. The van der Waals surface area contributed by atoms with Crippen LogP contribution in [0.1, 0.15) is 6.42 Å². The van der Waals surface area contributed by atoms with Crippen molar-refractivity contribution >= 4 is 17.4 Å². The van der Waals surface area contributed by atoms with Crippen molar-refractivity contribution < 1.29 is 19.1 Å². The van der Waals surface area contributed by atoms with Crippen LogP contribution in [0.4, 0.5) is 5.69 Å². The lowest BCUT2D eigenvalue weighted by atomic mass is 10.2. The summed E-state index contributed by atoms with van der Waals surface area (Å²) in [6.07, 6.45) is 0.273. The van der Waals surface area contributed by atoms with Gasteiger partial charge in [0.1, 0.15) is 12.4 Å². The number of amides is 1. The van der Waals surface area contributed by atoms with Gasteiger partial charge in [-0.15, -0.1) is 0 Å². The van der Waals surface area contributed by atoms with Crippen LogP contribution < -0.4 is 9.64 Å². The molecule has 0 spiro atoms. The molecule has 1 aromatic carbocycles. The number of hydrogen-bond donors (Lipinski definition) is 0. The van der Waals surface area contributed by atoms with E-state index >= 15 is 0 Å². The molecular formula is C13H15NO4. The highest BCUT2D eigenvalue weighted by Crippen LogP contribution is 2.30. The van der Waals surface area contributed by atoms with Crippen molar-refractivity contribution in [1.82, 2.24) is 0 Å². The Balaban J connectivity index is 2.25. The third-order valence-corrected chi connectivity index (χ3v) is 2.67. The Kier molecular flexibility index (Phi) is 3.94. The van der Waals surface area contributed by atoms with Gasteiger partial charge in [0.25, 0.3) is 0 Å². The monoisotopic (exact) mass is 249 g/mol. The molecule has 0 bridgehead atoms. The number of ketones is 1. The minimum Gasteiger partial charge on any atom is -0.491 e. The van der Waals surface area contributed by atoms with Gasteiger partial charge in [-0.2, -0.15) is 0 Å². The number of methoxy groups -OCH3 is 1. The first-order valence-corrected chi connectivity index (χ1v) is 5.75. The van der Waals surface area contributed by atoms with Crippen LogP contribution in [0.25, 0.3) is 0 Å². The SMILES string of the molecule is COCC(=O)CN1C(=O)CCOc2ccccc21. The molecule has 5 heteroatoms. The predicted octanol–water partition coefficient (Wildman–Crippen LogP) is 1.02. The molecule has 2 rings (SSSR count). The lowest BCUT2D eigenvalue weighted by Gasteiger charge is -2.20. The molecule has 0 radical (unpaired) electrons. The van der Waals surface area contributed by atoms with Crippen LogP contribution in [-0.4, -0.2) is 38.6 Å². The summed E-state index contributed by atoms with van der Waals surface area (Å²) in [6, 6.07) is 7.22. The van der Waals surface area contributed by atoms with Crippen LogP contribution in [0.3, 0.4) is 0 Å². The molecule has 0 unspecified atom stereocenters. The topological polar surface area (TPSA) is 55.8 Å². The van der Waals surface area contributed by atoms with Crippen LogP contribution in [0.2, 0.25) is 0 Å². The van der Waals surface area contributed by atoms with E-state index in [1.165, 1.54) is 12.0 Å². The molecule has 0 aromatic heterocycles. The summed E-state index contributed by atoms with van der Waals surface area (Å²) < 4.78 is 10.3. The second-order valence-electron chi connectivity index (χ2n) is 4.02. The highest BCUT2D eigenvalue weighted by molar-refractivity contribution is 6.01. The van der Waals surface area contributed by atoms with Gasteiger partial charge >= 0.3 is 0 Å². The zero-order chi connectivity index (χ0) is 13.0. The van der Waals surface area contributed by atoms with E-state index in [0.29, 0.717) is 18.0 Å². The van der Waals surface area contributed by atoms with Gasteiger partial charge < -0.3 is 14.4 Å². The van der Waals surface area contributed by atoms with Gasteiger partial charge in [0.05, 0.1) is 25.3 Å². The number of nitrogens with zero attached hydrogens (tertiary/aromatic N) is 1. The highest BCUT2D eigenvalue weighted by atomic mass is 16.5. The summed E-state index contributed by atoms with van der Waals surface area (Å²) in [5, 5.41) is 0. The number of fused-ring (bicyclic) bond motifs is 1. The summed E-state index contributed by atoms with van der Waals surface area (Å²) in [6.45, 7) is 0.366. The summed E-state index contributed by atoms with van der Waals surface area (Å²) in [7, 11) is 1.46. The molecule has 1 aliphatic heterocycles. The fraction of sp³-hybridized carbons (Fsp3) is 0.385. The molecule has 0 saturated carbocycles. The number of benzene rings is 1. The van der Waals surface area contributed by atoms with E-state index in [1.807, 2.05) is 12.1 Å². The Hall–Kier alpha value is -1.88. The van der Waals surface area contributed by atoms with Crippen molar-refractivity contribution in [3.8, 4) is 5.75 Å². The predicted molar refractivity (Wildman–Crippen MR) is 65.8 cm³/mol. The number of carbonyl (C=O) groups is 2. The molecule has 1 amide bonds. The van der Waals surface area contributed by atoms with Crippen molar-refractivity contribution in [2.45, 2.75) is 6.42 Å². The first kappa shape index (κ1) is 12.6. The maximum absolute atomic E-state index is 12.0. The summed E-state index contributed by atoms with van der Waals surface area (Å²) in [4.78, 5) is 25.1. The molecule has 0 N–H and O–H groups in total. The van der Waals surface area contributed by atoms with Crippen LogP contribution in [0.5, 0.6) is 5.75 Å². The van der Waals surface area contributed by atoms with Crippen molar-refractivity contribution in [2.75, 3.05) is 31.8 Å². The Morgan fingerprint density at radius 2 is 2.22 bits per heavy atom. The zero-order valence-corrected chi connectivity index (χ0v) is 10.2. The number of ether oxygens (including phenoxy) is 2. The Labute approximate surface area is 105 Å². The van der Waals surface area contributed by atoms with E-state index < -0.39 is 0 Å². The van der Waals surface area contributed by atoms with Gasteiger partial charge in [0.2, 0.25) is 5.91 Å². The second-order valence-corrected chi connectivity index (χ2v) is 4.02. The highest BCUT2D eigenvalue weighted by Gasteiger charge is 2.24. The van der Waals surface area contributed by atoms with Crippen LogP contribution in [0, 0.1) is 0 Å². The quantitative estimate of drug-likeness (QED) is 0.799. The van der Waals surface area contributed by atoms with E-state index in [4.69, 9.17) is 9.47 Å². The van der Waals surface area contributed by atoms with Crippen molar-refractivity contribution in [3.63, 3.8) is 0 Å². The van der Waals surface area contributed by atoms with Gasteiger partial charge in [0, 0.05) is 7.11 Å².